The minimum absolute atomic E-state index is 0.0503. The van der Waals surface area contributed by atoms with Crippen LogP contribution in [0.1, 0.15) is 20.8 Å². The van der Waals surface area contributed by atoms with Gasteiger partial charge < -0.3 is 10.2 Å². The Hall–Kier alpha value is -2.70. The van der Waals surface area contributed by atoms with E-state index in [4.69, 9.17) is 10.2 Å². The Morgan fingerprint density at radius 3 is 2.59 bits per heavy atom. The van der Waals surface area contributed by atoms with Gasteiger partial charge in [0, 0.05) is 0 Å². The summed E-state index contributed by atoms with van der Waals surface area (Å²) in [5.74, 6) is -2.28. The summed E-state index contributed by atoms with van der Waals surface area (Å²) in [6.45, 7) is 0. The van der Waals surface area contributed by atoms with Crippen molar-refractivity contribution >= 4 is 11.9 Å². The first-order chi connectivity index (χ1) is 8.09. The molecule has 2 N–H and O–H groups in total. The second kappa shape index (κ2) is 4.05. The van der Waals surface area contributed by atoms with Gasteiger partial charge in [-0.25, -0.2) is 14.3 Å². The second-order valence-electron chi connectivity index (χ2n) is 3.19. The van der Waals surface area contributed by atoms with E-state index in [-0.39, 0.29) is 11.3 Å². The Labute approximate surface area is 94.9 Å². The number of aromatic nitrogens is 3. The molecule has 0 aliphatic rings. The molecule has 0 aliphatic heterocycles. The van der Waals surface area contributed by atoms with Crippen molar-refractivity contribution in [2.45, 2.75) is 0 Å². The minimum atomic E-state index is -1.18. The zero-order valence-corrected chi connectivity index (χ0v) is 8.44. The molecule has 86 valence electrons. The van der Waals surface area contributed by atoms with Crippen LogP contribution in [0.15, 0.2) is 30.5 Å². The Balaban J connectivity index is 2.53. The van der Waals surface area contributed by atoms with Crippen LogP contribution in [0.25, 0.3) is 5.69 Å². The van der Waals surface area contributed by atoms with E-state index in [1.165, 1.54) is 18.2 Å². The SMILES string of the molecule is O=C(O)c1cccc(-n2nncc2C(=O)O)c1. The summed E-state index contributed by atoms with van der Waals surface area (Å²) in [5.41, 5.74) is 0.252. The first kappa shape index (κ1) is 10.8. The van der Waals surface area contributed by atoms with Gasteiger partial charge in [0.2, 0.25) is 0 Å². The molecule has 7 nitrogen and oxygen atoms in total. The second-order valence-corrected chi connectivity index (χ2v) is 3.19. The lowest BCUT2D eigenvalue weighted by Crippen LogP contribution is -2.08. The van der Waals surface area contributed by atoms with E-state index in [2.05, 4.69) is 10.3 Å². The van der Waals surface area contributed by atoms with Crippen molar-refractivity contribution in [1.29, 1.82) is 0 Å². The molecule has 1 heterocycles. The standard InChI is InChI=1S/C10H7N3O4/c14-9(15)6-2-1-3-7(4-6)13-8(10(16)17)5-11-12-13/h1-5H,(H,14,15)(H,16,17). The van der Waals surface area contributed by atoms with Crippen molar-refractivity contribution in [3.8, 4) is 5.69 Å². The van der Waals surface area contributed by atoms with Gasteiger partial charge in [0.05, 0.1) is 17.4 Å². The summed E-state index contributed by atoms with van der Waals surface area (Å²) in [6, 6.07) is 5.78. The summed E-state index contributed by atoms with van der Waals surface area (Å²) < 4.78 is 1.06. The molecule has 0 radical (unpaired) electrons. The van der Waals surface area contributed by atoms with Crippen molar-refractivity contribution < 1.29 is 19.8 Å². The maximum Gasteiger partial charge on any atom is 0.356 e. The fourth-order valence-corrected chi connectivity index (χ4v) is 1.34. The number of nitrogens with zero attached hydrogens (tertiary/aromatic N) is 3. The maximum atomic E-state index is 10.9. The van der Waals surface area contributed by atoms with E-state index in [1.807, 2.05) is 0 Å². The average molecular weight is 233 g/mol. The lowest BCUT2D eigenvalue weighted by atomic mass is 10.2. The smallest absolute Gasteiger partial charge is 0.356 e. The summed E-state index contributed by atoms with van der Waals surface area (Å²) in [6.07, 6.45) is 1.09. The lowest BCUT2D eigenvalue weighted by molar-refractivity contribution is 0.0681. The van der Waals surface area contributed by atoms with E-state index >= 15 is 0 Å². The topological polar surface area (TPSA) is 105 Å². The molecule has 0 bridgehead atoms. The molecule has 0 atom stereocenters. The van der Waals surface area contributed by atoms with Crippen molar-refractivity contribution in [2.75, 3.05) is 0 Å². The number of carbonyl (C=O) groups is 2. The van der Waals surface area contributed by atoms with Gasteiger partial charge in [-0.2, -0.15) is 0 Å². The Bertz CT molecular complexity index is 591. The molecule has 1 aromatic carbocycles. The van der Waals surface area contributed by atoms with Crippen LogP contribution in [0.3, 0.4) is 0 Å². The molecule has 1 aromatic heterocycles. The fourth-order valence-electron chi connectivity index (χ4n) is 1.34. The molecule has 0 amide bonds. The van der Waals surface area contributed by atoms with Gasteiger partial charge in [0.25, 0.3) is 0 Å². The molecule has 2 rings (SSSR count). The summed E-state index contributed by atoms with van der Waals surface area (Å²) >= 11 is 0. The molecule has 0 unspecified atom stereocenters. The number of rotatable bonds is 3. The highest BCUT2D eigenvalue weighted by molar-refractivity contribution is 5.89. The van der Waals surface area contributed by atoms with E-state index in [0.717, 1.165) is 10.9 Å². The van der Waals surface area contributed by atoms with Gasteiger partial charge in [-0.15, -0.1) is 5.10 Å². The van der Waals surface area contributed by atoms with Gasteiger partial charge in [-0.05, 0) is 18.2 Å². The van der Waals surface area contributed by atoms with Crippen molar-refractivity contribution in [1.82, 2.24) is 15.0 Å². The predicted octanol–water partition coefficient (Wildman–Crippen LogP) is 0.664. The van der Waals surface area contributed by atoms with E-state index in [9.17, 15) is 9.59 Å². The first-order valence-corrected chi connectivity index (χ1v) is 4.57. The number of hydrogen-bond acceptors (Lipinski definition) is 4. The van der Waals surface area contributed by atoms with Crippen LogP contribution in [0, 0.1) is 0 Å². The number of carboxylic acids is 2. The van der Waals surface area contributed by atoms with Crippen LogP contribution >= 0.6 is 0 Å². The summed E-state index contributed by atoms with van der Waals surface area (Å²) in [5, 5.41) is 24.8. The van der Waals surface area contributed by atoms with Gasteiger partial charge in [-0.3, -0.25) is 0 Å². The monoisotopic (exact) mass is 233 g/mol. The molecule has 0 spiro atoms. The molecule has 0 fully saturated rings. The largest absolute Gasteiger partial charge is 0.478 e. The number of benzene rings is 1. The Kier molecular flexibility index (Phi) is 2.57. The van der Waals surface area contributed by atoms with Crippen LogP contribution in [-0.2, 0) is 0 Å². The van der Waals surface area contributed by atoms with E-state index < -0.39 is 11.9 Å². The zero-order chi connectivity index (χ0) is 12.4. The fraction of sp³-hybridized carbons (Fsp3) is 0. The highest BCUT2D eigenvalue weighted by Gasteiger charge is 2.14. The van der Waals surface area contributed by atoms with Gasteiger partial charge in [0.15, 0.2) is 5.69 Å². The average Bonchev–Trinajstić information content (AvgIpc) is 2.78. The van der Waals surface area contributed by atoms with Crippen LogP contribution in [0.4, 0.5) is 0 Å². The molecule has 0 saturated carbocycles. The third-order valence-electron chi connectivity index (χ3n) is 2.11. The molecule has 17 heavy (non-hydrogen) atoms. The zero-order valence-electron chi connectivity index (χ0n) is 8.44. The van der Waals surface area contributed by atoms with Crippen LogP contribution in [0.5, 0.6) is 0 Å². The van der Waals surface area contributed by atoms with Crippen molar-refractivity contribution in [3.05, 3.63) is 41.7 Å². The summed E-state index contributed by atoms with van der Waals surface area (Å²) in [7, 11) is 0. The lowest BCUT2D eigenvalue weighted by Gasteiger charge is -2.03. The van der Waals surface area contributed by atoms with Crippen LogP contribution in [-0.4, -0.2) is 37.1 Å². The quantitative estimate of drug-likeness (QED) is 0.806. The third-order valence-corrected chi connectivity index (χ3v) is 2.11. The predicted molar refractivity (Wildman–Crippen MR) is 55.3 cm³/mol. The van der Waals surface area contributed by atoms with Crippen LogP contribution < -0.4 is 0 Å². The molecular formula is C10H7N3O4. The molecule has 0 saturated heterocycles. The molecule has 2 aromatic rings. The molecular weight excluding hydrogens is 226 g/mol. The minimum Gasteiger partial charge on any atom is -0.478 e. The Morgan fingerprint density at radius 1 is 1.18 bits per heavy atom. The third kappa shape index (κ3) is 1.98. The van der Waals surface area contributed by atoms with Gasteiger partial charge >= 0.3 is 11.9 Å². The number of hydrogen-bond donors (Lipinski definition) is 2. The molecule has 7 heteroatoms. The van der Waals surface area contributed by atoms with Crippen LogP contribution in [0.2, 0.25) is 0 Å². The number of aromatic carboxylic acids is 2. The highest BCUT2D eigenvalue weighted by Crippen LogP contribution is 2.12. The van der Waals surface area contributed by atoms with Crippen molar-refractivity contribution in [3.63, 3.8) is 0 Å². The summed E-state index contributed by atoms with van der Waals surface area (Å²) in [4.78, 5) is 21.6. The van der Waals surface area contributed by atoms with Gasteiger partial charge in [-0.1, -0.05) is 11.3 Å². The first-order valence-electron chi connectivity index (χ1n) is 4.57. The number of carboxylic acid groups (broad SMARTS) is 2. The van der Waals surface area contributed by atoms with E-state index in [1.54, 1.807) is 6.07 Å². The van der Waals surface area contributed by atoms with Gasteiger partial charge in [0.1, 0.15) is 0 Å². The van der Waals surface area contributed by atoms with E-state index in [0.29, 0.717) is 5.69 Å². The molecule has 0 aliphatic carbocycles. The normalized spacial score (nSPS) is 10.1. The Morgan fingerprint density at radius 2 is 1.94 bits per heavy atom. The maximum absolute atomic E-state index is 10.9. The highest BCUT2D eigenvalue weighted by atomic mass is 16.4. The van der Waals surface area contributed by atoms with Crippen molar-refractivity contribution in [2.24, 2.45) is 0 Å².